The van der Waals surface area contributed by atoms with Gasteiger partial charge in [0.15, 0.2) is 6.61 Å². The van der Waals surface area contributed by atoms with E-state index >= 15 is 0 Å². The van der Waals surface area contributed by atoms with Gasteiger partial charge in [-0.2, -0.15) is 0 Å². The Morgan fingerprint density at radius 3 is 2.66 bits per heavy atom. The Kier molecular flexibility index (Phi) is 7.55. The third-order valence-corrected chi connectivity index (χ3v) is 5.80. The van der Waals surface area contributed by atoms with Crippen LogP contribution in [0.1, 0.15) is 33.6 Å². The van der Waals surface area contributed by atoms with Crippen LogP contribution >= 0.6 is 11.8 Å². The molecule has 2 aromatic carbocycles. The van der Waals surface area contributed by atoms with Crippen molar-refractivity contribution in [2.24, 2.45) is 0 Å². The summed E-state index contributed by atoms with van der Waals surface area (Å²) in [5.41, 5.74) is 0.784. The highest BCUT2D eigenvalue weighted by Gasteiger charge is 2.20. The van der Waals surface area contributed by atoms with Crippen molar-refractivity contribution in [3.63, 3.8) is 0 Å². The van der Waals surface area contributed by atoms with E-state index in [1.165, 1.54) is 14.2 Å². The SMILES string of the molecule is COc1ccc(C(=O)COC(=O)c2ccccc2SC[C@@H]2CCCO2)c(OC)c1. The van der Waals surface area contributed by atoms with Crippen molar-refractivity contribution in [3.05, 3.63) is 53.6 Å². The summed E-state index contributed by atoms with van der Waals surface area (Å²) in [6, 6.07) is 12.1. The zero-order valence-corrected chi connectivity index (χ0v) is 17.3. The molecule has 6 nitrogen and oxygen atoms in total. The van der Waals surface area contributed by atoms with Crippen LogP contribution in [0.15, 0.2) is 47.4 Å². The van der Waals surface area contributed by atoms with Gasteiger partial charge in [0.1, 0.15) is 11.5 Å². The number of rotatable bonds is 9. The van der Waals surface area contributed by atoms with Crippen LogP contribution in [0.2, 0.25) is 0 Å². The van der Waals surface area contributed by atoms with E-state index in [-0.39, 0.29) is 18.5 Å². The van der Waals surface area contributed by atoms with Gasteiger partial charge in [-0.25, -0.2) is 4.79 Å². The number of ether oxygens (including phenoxy) is 4. The fourth-order valence-electron chi connectivity index (χ4n) is 3.04. The molecule has 0 saturated carbocycles. The van der Waals surface area contributed by atoms with Crippen molar-refractivity contribution in [1.82, 2.24) is 0 Å². The van der Waals surface area contributed by atoms with Gasteiger partial charge in [0.05, 0.1) is 31.5 Å². The van der Waals surface area contributed by atoms with Crippen molar-refractivity contribution in [2.75, 3.05) is 33.2 Å². The monoisotopic (exact) mass is 416 g/mol. The minimum Gasteiger partial charge on any atom is -0.497 e. The Balaban J connectivity index is 1.62. The highest BCUT2D eigenvalue weighted by Crippen LogP contribution is 2.28. The fourth-order valence-corrected chi connectivity index (χ4v) is 4.15. The van der Waals surface area contributed by atoms with Crippen molar-refractivity contribution < 1.29 is 28.5 Å². The van der Waals surface area contributed by atoms with E-state index in [1.54, 1.807) is 42.1 Å². The first-order chi connectivity index (χ1) is 14.1. The standard InChI is InChI=1S/C22H24O6S/c1-25-15-9-10-17(20(12-15)26-2)19(23)13-28-22(24)18-7-3-4-8-21(18)29-14-16-6-5-11-27-16/h3-4,7-10,12,16H,5-6,11,13-14H2,1-2H3/t16-/m0/s1. The first-order valence-electron chi connectivity index (χ1n) is 9.38. The van der Waals surface area contributed by atoms with Gasteiger partial charge < -0.3 is 18.9 Å². The summed E-state index contributed by atoms with van der Waals surface area (Å²) < 4.78 is 21.3. The highest BCUT2D eigenvalue weighted by molar-refractivity contribution is 7.99. The van der Waals surface area contributed by atoms with E-state index in [9.17, 15) is 9.59 Å². The molecule has 1 atom stereocenters. The van der Waals surface area contributed by atoms with Crippen molar-refractivity contribution in [1.29, 1.82) is 0 Å². The number of thioether (sulfide) groups is 1. The first kappa shape index (κ1) is 21.2. The van der Waals surface area contributed by atoms with Crippen LogP contribution in [0.25, 0.3) is 0 Å². The van der Waals surface area contributed by atoms with Gasteiger partial charge in [-0.1, -0.05) is 12.1 Å². The van der Waals surface area contributed by atoms with E-state index in [2.05, 4.69) is 0 Å². The van der Waals surface area contributed by atoms with Gasteiger partial charge in [0.2, 0.25) is 5.78 Å². The Labute approximate surface area is 174 Å². The topological polar surface area (TPSA) is 71.1 Å². The van der Waals surface area contributed by atoms with Crippen LogP contribution in [0.3, 0.4) is 0 Å². The smallest absolute Gasteiger partial charge is 0.339 e. The Hall–Kier alpha value is -2.51. The minimum absolute atomic E-state index is 0.216. The maximum atomic E-state index is 12.6. The molecule has 0 radical (unpaired) electrons. The molecule has 0 spiro atoms. The maximum absolute atomic E-state index is 12.6. The normalized spacial score (nSPS) is 15.7. The van der Waals surface area contributed by atoms with Crippen molar-refractivity contribution in [3.8, 4) is 11.5 Å². The van der Waals surface area contributed by atoms with Crippen LogP contribution in [0.4, 0.5) is 0 Å². The second-order valence-corrected chi connectivity index (χ2v) is 7.57. The van der Waals surface area contributed by atoms with Gasteiger partial charge >= 0.3 is 5.97 Å². The summed E-state index contributed by atoms with van der Waals surface area (Å²) in [4.78, 5) is 25.9. The van der Waals surface area contributed by atoms with Crippen molar-refractivity contribution >= 4 is 23.5 Å². The Morgan fingerprint density at radius 1 is 1.10 bits per heavy atom. The molecule has 0 aliphatic carbocycles. The summed E-state index contributed by atoms with van der Waals surface area (Å²) in [6.07, 6.45) is 2.33. The summed E-state index contributed by atoms with van der Waals surface area (Å²) in [5.74, 6) is 0.862. The molecule has 0 bridgehead atoms. The molecule has 1 aliphatic rings. The van der Waals surface area contributed by atoms with E-state index in [4.69, 9.17) is 18.9 Å². The second kappa shape index (κ2) is 10.3. The molecule has 154 valence electrons. The first-order valence-corrected chi connectivity index (χ1v) is 10.4. The van der Waals surface area contributed by atoms with Gasteiger partial charge in [0, 0.05) is 23.3 Å². The summed E-state index contributed by atoms with van der Waals surface area (Å²) in [6.45, 7) is 0.429. The summed E-state index contributed by atoms with van der Waals surface area (Å²) >= 11 is 1.57. The molecule has 1 heterocycles. The van der Waals surface area contributed by atoms with Crippen LogP contribution in [0.5, 0.6) is 11.5 Å². The number of Topliss-reactive ketones (excluding diaryl/α,β-unsaturated/α-hetero) is 1. The van der Waals surface area contributed by atoms with Crippen LogP contribution in [-0.4, -0.2) is 51.0 Å². The Bertz CT molecular complexity index is 860. The van der Waals surface area contributed by atoms with E-state index in [1.807, 2.05) is 12.1 Å². The number of carbonyl (C=O) groups excluding carboxylic acids is 2. The highest BCUT2D eigenvalue weighted by atomic mass is 32.2. The van der Waals surface area contributed by atoms with Crippen LogP contribution < -0.4 is 9.47 Å². The van der Waals surface area contributed by atoms with E-state index in [0.29, 0.717) is 22.6 Å². The minimum atomic E-state index is -0.527. The zero-order valence-electron chi connectivity index (χ0n) is 16.5. The zero-order chi connectivity index (χ0) is 20.6. The number of carbonyl (C=O) groups is 2. The number of esters is 1. The maximum Gasteiger partial charge on any atom is 0.339 e. The number of methoxy groups -OCH3 is 2. The lowest BCUT2D eigenvalue weighted by Crippen LogP contribution is -2.16. The molecule has 2 aromatic rings. The summed E-state index contributed by atoms with van der Waals surface area (Å²) in [5, 5.41) is 0. The predicted molar refractivity (Wildman–Crippen MR) is 110 cm³/mol. The lowest BCUT2D eigenvalue weighted by atomic mass is 10.1. The molecule has 7 heteroatoms. The lowest BCUT2D eigenvalue weighted by Gasteiger charge is -2.12. The predicted octanol–water partition coefficient (Wildman–Crippen LogP) is 4.01. The number of hydrogen-bond acceptors (Lipinski definition) is 7. The van der Waals surface area contributed by atoms with Crippen molar-refractivity contribution in [2.45, 2.75) is 23.8 Å². The van der Waals surface area contributed by atoms with Crippen LogP contribution in [-0.2, 0) is 9.47 Å². The molecule has 1 fully saturated rings. The number of benzene rings is 2. The molecule has 0 amide bonds. The van der Waals surface area contributed by atoms with E-state index in [0.717, 1.165) is 30.1 Å². The van der Waals surface area contributed by atoms with Gasteiger partial charge in [-0.05, 0) is 37.1 Å². The Morgan fingerprint density at radius 2 is 1.93 bits per heavy atom. The molecule has 0 unspecified atom stereocenters. The quantitative estimate of drug-likeness (QED) is 0.347. The largest absolute Gasteiger partial charge is 0.497 e. The van der Waals surface area contributed by atoms with Gasteiger partial charge in [-0.3, -0.25) is 4.79 Å². The average molecular weight is 416 g/mol. The summed E-state index contributed by atoms with van der Waals surface area (Å²) in [7, 11) is 3.01. The van der Waals surface area contributed by atoms with Crippen LogP contribution in [0, 0.1) is 0 Å². The third kappa shape index (κ3) is 5.52. The molecule has 1 aliphatic heterocycles. The molecule has 0 N–H and O–H groups in total. The molecule has 1 saturated heterocycles. The van der Waals surface area contributed by atoms with E-state index < -0.39 is 5.97 Å². The van der Waals surface area contributed by atoms with Gasteiger partial charge in [0.25, 0.3) is 0 Å². The molecular formula is C22H24O6S. The molecule has 29 heavy (non-hydrogen) atoms. The number of ketones is 1. The molecule has 3 rings (SSSR count). The molecule has 0 aromatic heterocycles. The number of hydrogen-bond donors (Lipinski definition) is 0. The lowest BCUT2D eigenvalue weighted by molar-refractivity contribution is 0.0470. The third-order valence-electron chi connectivity index (χ3n) is 4.60. The second-order valence-electron chi connectivity index (χ2n) is 6.51. The molecular weight excluding hydrogens is 392 g/mol. The van der Waals surface area contributed by atoms with Gasteiger partial charge in [-0.15, -0.1) is 11.8 Å². The fraction of sp³-hybridized carbons (Fsp3) is 0.364. The average Bonchev–Trinajstić information content (AvgIpc) is 3.29.